The Morgan fingerprint density at radius 2 is 1.78 bits per heavy atom. The molecule has 2 unspecified atom stereocenters. The summed E-state index contributed by atoms with van der Waals surface area (Å²) in [5, 5.41) is 17.6. The Hall–Kier alpha value is -5.60. The second-order valence-electron chi connectivity index (χ2n) is 14.1. The van der Waals surface area contributed by atoms with Crippen molar-refractivity contribution in [3.05, 3.63) is 75.7 Å². The molecule has 0 bridgehead atoms. The number of nitrogens with one attached hydrogen (secondary N) is 1. The fourth-order valence-corrected chi connectivity index (χ4v) is 8.60. The van der Waals surface area contributed by atoms with Crippen LogP contribution in [0.15, 0.2) is 59.1 Å². The number of fused-ring (bicyclic) bond motifs is 1. The minimum atomic E-state index is -5.11. The quantitative estimate of drug-likeness (QED) is 0.0161. The predicted molar refractivity (Wildman–Crippen MR) is 214 cm³/mol. The van der Waals surface area contributed by atoms with Gasteiger partial charge in [-0.25, -0.2) is 29.1 Å². The number of phosphoric ester groups is 1. The van der Waals surface area contributed by atoms with Crippen molar-refractivity contribution in [2.45, 2.75) is 80.9 Å². The van der Waals surface area contributed by atoms with Crippen LogP contribution in [-0.2, 0) is 48.5 Å². The molecule has 63 heavy (non-hydrogen) atoms. The molecule has 0 aliphatic carbocycles. The highest BCUT2D eigenvalue weighted by atomic mass is 31.2. The van der Waals surface area contributed by atoms with Crippen LogP contribution >= 0.6 is 15.4 Å². The van der Waals surface area contributed by atoms with E-state index in [1.54, 1.807) is 24.3 Å². The van der Waals surface area contributed by atoms with E-state index in [1.807, 2.05) is 0 Å². The first-order valence-corrected chi connectivity index (χ1v) is 22.1. The normalized spacial score (nSPS) is 23.7. The van der Waals surface area contributed by atoms with Gasteiger partial charge in [0.2, 0.25) is 0 Å². The Balaban J connectivity index is 1.09. The molecular formula is C33H43N13O15P2. The molecule has 30 heteroatoms. The maximum absolute atomic E-state index is 14.0. The molecule has 9 atom stereocenters. The number of hydrogen-bond donors (Lipinski definition) is 8. The van der Waals surface area contributed by atoms with Crippen molar-refractivity contribution in [3.63, 3.8) is 0 Å². The van der Waals surface area contributed by atoms with E-state index < -0.39 is 101 Å². The second-order valence-corrected chi connectivity index (χ2v) is 17.4. The number of esters is 1. The lowest BCUT2D eigenvalue weighted by Crippen LogP contribution is -2.43. The van der Waals surface area contributed by atoms with E-state index in [1.165, 1.54) is 23.2 Å². The van der Waals surface area contributed by atoms with Crippen LogP contribution in [0.4, 0.5) is 22.1 Å². The number of unbranched alkanes of at least 4 members (excludes halogenated alkanes) is 1. The van der Waals surface area contributed by atoms with Gasteiger partial charge in [-0.1, -0.05) is 29.4 Å². The summed E-state index contributed by atoms with van der Waals surface area (Å²) in [5.41, 5.74) is 25.1. The highest BCUT2D eigenvalue weighted by Crippen LogP contribution is 2.56. The number of anilines is 2. The van der Waals surface area contributed by atoms with E-state index in [0.717, 1.165) is 10.9 Å². The van der Waals surface area contributed by atoms with Gasteiger partial charge >= 0.3 is 33.2 Å². The van der Waals surface area contributed by atoms with Gasteiger partial charge in [0.25, 0.3) is 0 Å². The van der Waals surface area contributed by atoms with E-state index >= 15 is 0 Å². The van der Waals surface area contributed by atoms with Crippen LogP contribution in [0.3, 0.4) is 0 Å². The van der Waals surface area contributed by atoms with Crippen molar-refractivity contribution in [1.29, 1.82) is 0 Å². The zero-order valence-corrected chi connectivity index (χ0v) is 34.6. The number of carbonyl (C=O) groups is 2. The molecule has 11 N–H and O–H groups in total. The lowest BCUT2D eigenvalue weighted by atomic mass is 10.1. The van der Waals surface area contributed by atoms with Gasteiger partial charge < -0.3 is 65.8 Å². The van der Waals surface area contributed by atoms with Gasteiger partial charge in [-0.15, -0.1) is 0 Å². The average Bonchev–Trinajstić information content (AvgIpc) is 3.95. The van der Waals surface area contributed by atoms with Crippen molar-refractivity contribution in [1.82, 2.24) is 34.4 Å². The molecule has 3 aromatic heterocycles. The number of amides is 1. The Kier molecular flexibility index (Phi) is 15.1. The largest absolute Gasteiger partial charge is 0.469 e. The number of imidazole rings is 1. The van der Waals surface area contributed by atoms with Gasteiger partial charge in [0.15, 0.2) is 23.8 Å². The summed E-state index contributed by atoms with van der Waals surface area (Å²) in [6, 6.07) is 6.45. The number of azide groups is 1. The molecule has 0 radical (unpaired) electrons. The van der Waals surface area contributed by atoms with Crippen LogP contribution in [0.1, 0.15) is 43.7 Å². The summed E-state index contributed by atoms with van der Waals surface area (Å²) in [6.07, 6.45) is -5.64. The molecule has 5 heterocycles. The number of carbonyl (C=O) groups excluding carboxylic acids is 2. The highest BCUT2D eigenvalue weighted by molar-refractivity contribution is 7.53. The zero-order valence-electron chi connectivity index (χ0n) is 32.8. The molecule has 0 spiro atoms. The summed E-state index contributed by atoms with van der Waals surface area (Å²) >= 11 is 0. The minimum absolute atomic E-state index is 0.00925. The fourth-order valence-electron chi connectivity index (χ4n) is 6.69. The molecule has 28 nitrogen and oxygen atoms in total. The van der Waals surface area contributed by atoms with Gasteiger partial charge in [0.1, 0.15) is 48.7 Å². The molecule has 4 aromatic rings. The Labute approximate surface area is 355 Å². The Morgan fingerprint density at radius 1 is 1.03 bits per heavy atom. The Bertz CT molecular complexity index is 2470. The predicted octanol–water partition coefficient (Wildman–Crippen LogP) is 0.751. The van der Waals surface area contributed by atoms with Crippen molar-refractivity contribution in [2.75, 3.05) is 31.2 Å². The molecule has 1 amide bonds. The number of alkyl carbamates (subject to hydrolysis) is 1. The Morgan fingerprint density at radius 3 is 2.49 bits per heavy atom. The van der Waals surface area contributed by atoms with Gasteiger partial charge in [0.05, 0.1) is 31.3 Å². The van der Waals surface area contributed by atoms with Crippen molar-refractivity contribution >= 4 is 56.0 Å². The standard InChI is InChI=1S/C33H43N13O15P2/c34-19(3-1-2-9-38-33(50)56-12-17-4-6-18(7-5-17)43-44-37)31(48)61-27-21(60-30(26(27)47)46-16-41-25-28(36)39-15-40-29(25)46)14-57-62(51,52)22-11-24(45-10-8-23(35)42-32(45)49)59-20(22)13-58-63(53,54)55/h4-8,10,15-16,19-22,24,26-27,30,47H,1-3,9,11-14,34H2,(H,38,50)(H,51,52)(H2,35,42,49)(H2,36,39,40)(H2,53,54,55)/t19-,20+,21+,22-,24?,26+,27+,30+/m0/s1. The summed E-state index contributed by atoms with van der Waals surface area (Å²) in [4.78, 5) is 86.6. The van der Waals surface area contributed by atoms with Crippen molar-refractivity contribution in [3.8, 4) is 0 Å². The van der Waals surface area contributed by atoms with Gasteiger partial charge in [0, 0.05) is 29.8 Å². The van der Waals surface area contributed by atoms with E-state index in [4.69, 9.17) is 46.2 Å². The first kappa shape index (κ1) is 46.9. The molecule has 2 aliphatic heterocycles. The maximum Gasteiger partial charge on any atom is 0.469 e. The number of nitrogens with two attached hydrogens (primary N) is 3. The number of aliphatic hydroxyl groups is 1. The topological polar surface area (TPSA) is 422 Å². The van der Waals surface area contributed by atoms with Crippen LogP contribution in [0, 0.1) is 0 Å². The molecule has 1 aromatic carbocycles. The number of aromatic nitrogens is 6. The van der Waals surface area contributed by atoms with E-state index in [0.29, 0.717) is 24.1 Å². The van der Waals surface area contributed by atoms with Gasteiger partial charge in [-0.3, -0.25) is 23.0 Å². The first-order chi connectivity index (χ1) is 29.9. The van der Waals surface area contributed by atoms with Crippen molar-refractivity contribution < 1.29 is 66.5 Å². The van der Waals surface area contributed by atoms with Crippen molar-refractivity contribution in [2.24, 2.45) is 10.8 Å². The number of rotatable bonds is 19. The number of hydrogen-bond acceptors (Lipinski definition) is 20. The number of phosphoric acid groups is 1. The number of aliphatic hydroxyl groups excluding tert-OH is 1. The van der Waals surface area contributed by atoms with Crippen LogP contribution in [0.5, 0.6) is 0 Å². The average molecular weight is 924 g/mol. The summed E-state index contributed by atoms with van der Waals surface area (Å²) in [7, 11) is -10.1. The van der Waals surface area contributed by atoms with E-state index in [2.05, 4.69) is 39.8 Å². The van der Waals surface area contributed by atoms with Crippen LogP contribution in [-0.4, -0.2) is 117 Å². The molecule has 2 fully saturated rings. The summed E-state index contributed by atoms with van der Waals surface area (Å²) in [6.45, 7) is -1.58. The zero-order chi connectivity index (χ0) is 45.5. The third kappa shape index (κ3) is 11.9. The van der Waals surface area contributed by atoms with E-state index in [9.17, 15) is 43.3 Å². The first-order valence-electron chi connectivity index (χ1n) is 18.9. The maximum atomic E-state index is 14.0. The van der Waals surface area contributed by atoms with E-state index in [-0.39, 0.29) is 42.4 Å². The number of nitrogen functional groups attached to an aromatic ring is 2. The number of benzene rings is 1. The van der Waals surface area contributed by atoms with Gasteiger partial charge in [-0.05, 0) is 36.4 Å². The monoisotopic (exact) mass is 923 g/mol. The molecule has 6 rings (SSSR count). The second kappa shape index (κ2) is 20.3. The highest BCUT2D eigenvalue weighted by Gasteiger charge is 2.52. The summed E-state index contributed by atoms with van der Waals surface area (Å²) in [5.74, 6) is -1.09. The van der Waals surface area contributed by atoms with Crippen LogP contribution < -0.4 is 28.2 Å². The third-order valence-electron chi connectivity index (χ3n) is 9.82. The molecule has 340 valence electrons. The molecular weight excluding hydrogens is 880 g/mol. The smallest absolute Gasteiger partial charge is 0.455 e. The van der Waals surface area contributed by atoms with Crippen LogP contribution in [0.2, 0.25) is 0 Å². The van der Waals surface area contributed by atoms with Gasteiger partial charge in [-0.2, -0.15) is 4.98 Å². The summed E-state index contributed by atoms with van der Waals surface area (Å²) < 4.78 is 60.5. The SMILES string of the molecule is [N-]=[N+]=Nc1ccc(COC(=O)NCCCC[C@H](N)C(=O)O[C@H]2[C@@H](O)[C@H](n3cnc4c(N)ncnc43)O[C@@H]2COP(=O)(O)[C@H]2CC(n3ccc(N)nc3=O)O[C@@H]2COP(=O)(O)O)cc1. The minimum Gasteiger partial charge on any atom is -0.455 e. The fraction of sp³-hybridized carbons (Fsp3) is 0.485. The molecule has 0 saturated carbocycles. The number of nitrogens with zero attached hydrogens (tertiary/aromatic N) is 9. The third-order valence-corrected chi connectivity index (χ3v) is 12.2. The molecule has 2 aliphatic rings. The lowest BCUT2D eigenvalue weighted by Gasteiger charge is -2.26. The lowest BCUT2D eigenvalue weighted by molar-refractivity contribution is -0.158. The number of ether oxygens (including phenoxy) is 4. The molecule has 2 saturated heterocycles. The van der Waals surface area contributed by atoms with Crippen LogP contribution in [0.25, 0.3) is 21.6 Å².